The van der Waals surface area contributed by atoms with Crippen molar-refractivity contribution in [1.29, 1.82) is 0 Å². The van der Waals surface area contributed by atoms with Gasteiger partial charge in [-0.1, -0.05) is 56.0 Å². The van der Waals surface area contributed by atoms with Crippen LogP contribution in [0.2, 0.25) is 0 Å². The summed E-state index contributed by atoms with van der Waals surface area (Å²) in [5.41, 5.74) is 1.70. The van der Waals surface area contributed by atoms with Crippen LogP contribution in [0.15, 0.2) is 30.3 Å². The molecule has 1 aromatic carbocycles. The smallest absolute Gasteiger partial charge is 0.0473 e. The second-order valence-corrected chi connectivity index (χ2v) is 7.60. The Morgan fingerprint density at radius 1 is 1.14 bits per heavy atom. The second-order valence-electron chi connectivity index (χ2n) is 7.60. The van der Waals surface area contributed by atoms with Crippen LogP contribution in [0.4, 0.5) is 0 Å². The van der Waals surface area contributed by atoms with E-state index in [1.54, 1.807) is 0 Å². The summed E-state index contributed by atoms with van der Waals surface area (Å²) in [4.78, 5) is 2.73. The molecule has 3 rings (SSSR count). The van der Waals surface area contributed by atoms with E-state index in [9.17, 15) is 0 Å². The van der Waals surface area contributed by atoms with Gasteiger partial charge in [0.15, 0.2) is 0 Å². The molecular weight excluding hydrogens is 256 g/mol. The van der Waals surface area contributed by atoms with Crippen molar-refractivity contribution in [1.82, 2.24) is 10.2 Å². The Labute approximate surface area is 129 Å². The summed E-state index contributed by atoms with van der Waals surface area (Å²) in [6.07, 6.45) is 7.23. The Morgan fingerprint density at radius 3 is 2.57 bits per heavy atom. The van der Waals surface area contributed by atoms with Gasteiger partial charge in [0.25, 0.3) is 0 Å². The number of rotatable bonds is 4. The Bertz CT molecular complexity index is 434. The second kappa shape index (κ2) is 6.50. The van der Waals surface area contributed by atoms with Crippen LogP contribution in [0.3, 0.4) is 0 Å². The Hall–Kier alpha value is -0.860. The molecule has 1 heterocycles. The van der Waals surface area contributed by atoms with Gasteiger partial charge in [0.05, 0.1) is 0 Å². The van der Waals surface area contributed by atoms with E-state index in [-0.39, 0.29) is 5.54 Å². The third-order valence-electron chi connectivity index (χ3n) is 5.30. The highest BCUT2D eigenvalue weighted by Crippen LogP contribution is 2.31. The first kappa shape index (κ1) is 15.1. The molecule has 2 nitrogen and oxygen atoms in total. The third-order valence-corrected chi connectivity index (χ3v) is 5.30. The van der Waals surface area contributed by atoms with Crippen LogP contribution in [0, 0.1) is 5.92 Å². The maximum atomic E-state index is 3.72. The lowest BCUT2D eigenvalue weighted by Gasteiger charge is -2.45. The van der Waals surface area contributed by atoms with E-state index in [0.717, 1.165) is 19.0 Å². The fourth-order valence-corrected chi connectivity index (χ4v) is 4.06. The first-order valence-electron chi connectivity index (χ1n) is 8.68. The zero-order valence-electron chi connectivity index (χ0n) is 13.6. The van der Waals surface area contributed by atoms with Crippen molar-refractivity contribution < 1.29 is 0 Å². The van der Waals surface area contributed by atoms with Gasteiger partial charge in [-0.2, -0.15) is 0 Å². The molecule has 21 heavy (non-hydrogen) atoms. The van der Waals surface area contributed by atoms with Gasteiger partial charge in [-0.3, -0.25) is 4.90 Å². The normalized spacial score (nSPS) is 27.0. The highest BCUT2D eigenvalue weighted by Gasteiger charge is 2.33. The zero-order valence-corrected chi connectivity index (χ0v) is 13.6. The van der Waals surface area contributed by atoms with Gasteiger partial charge in [0, 0.05) is 24.7 Å². The minimum Gasteiger partial charge on any atom is -0.309 e. The van der Waals surface area contributed by atoms with Gasteiger partial charge in [0.2, 0.25) is 0 Å². The summed E-state index contributed by atoms with van der Waals surface area (Å²) in [7, 11) is 0. The molecule has 1 aliphatic heterocycles. The highest BCUT2D eigenvalue weighted by molar-refractivity contribution is 5.20. The molecule has 1 unspecified atom stereocenters. The first-order chi connectivity index (χ1) is 10.1. The molecule has 2 heteroatoms. The molecule has 2 fully saturated rings. The van der Waals surface area contributed by atoms with Crippen molar-refractivity contribution in [2.75, 3.05) is 19.6 Å². The molecule has 1 N–H and O–H groups in total. The molecule has 0 amide bonds. The van der Waals surface area contributed by atoms with Crippen molar-refractivity contribution in [3.63, 3.8) is 0 Å². The average molecular weight is 286 g/mol. The standard InChI is InChI=1S/C19H30N2/c1-19(2)15-21(13-12-16-8-6-7-9-16)18(14-20-19)17-10-4-3-5-11-17/h3-5,10-11,16,18,20H,6-9,12-15H2,1-2H3. The Morgan fingerprint density at radius 2 is 1.86 bits per heavy atom. The molecule has 1 aromatic rings. The van der Waals surface area contributed by atoms with Crippen LogP contribution in [-0.2, 0) is 0 Å². The van der Waals surface area contributed by atoms with E-state index in [1.807, 2.05) is 0 Å². The summed E-state index contributed by atoms with van der Waals surface area (Å²) in [5.74, 6) is 0.986. The molecule has 1 saturated heterocycles. The van der Waals surface area contributed by atoms with E-state index in [0.29, 0.717) is 6.04 Å². The molecule has 0 bridgehead atoms. The third kappa shape index (κ3) is 3.87. The van der Waals surface area contributed by atoms with Gasteiger partial charge in [-0.05, 0) is 38.3 Å². The van der Waals surface area contributed by atoms with Crippen molar-refractivity contribution in [2.45, 2.75) is 57.5 Å². The number of benzene rings is 1. The molecule has 2 aliphatic rings. The van der Waals surface area contributed by atoms with E-state index < -0.39 is 0 Å². The largest absolute Gasteiger partial charge is 0.309 e. The van der Waals surface area contributed by atoms with Crippen LogP contribution >= 0.6 is 0 Å². The molecule has 1 aliphatic carbocycles. The number of piperazine rings is 1. The Balaban J connectivity index is 1.67. The quantitative estimate of drug-likeness (QED) is 0.900. The minimum absolute atomic E-state index is 0.237. The number of hydrogen-bond donors (Lipinski definition) is 1. The van der Waals surface area contributed by atoms with Crippen molar-refractivity contribution in [3.05, 3.63) is 35.9 Å². The van der Waals surface area contributed by atoms with Gasteiger partial charge < -0.3 is 5.32 Å². The summed E-state index contributed by atoms with van der Waals surface area (Å²) >= 11 is 0. The molecule has 116 valence electrons. The molecule has 0 radical (unpaired) electrons. The lowest BCUT2D eigenvalue weighted by atomic mass is 9.93. The SMILES string of the molecule is CC1(C)CN(CCC2CCCC2)C(c2ccccc2)CN1. The molecule has 1 atom stereocenters. The number of nitrogens with zero attached hydrogens (tertiary/aromatic N) is 1. The minimum atomic E-state index is 0.237. The average Bonchev–Trinajstić information content (AvgIpc) is 2.98. The monoisotopic (exact) mass is 286 g/mol. The highest BCUT2D eigenvalue weighted by atomic mass is 15.2. The fraction of sp³-hybridized carbons (Fsp3) is 0.684. The summed E-state index contributed by atoms with van der Waals surface area (Å²) in [6, 6.07) is 11.6. The summed E-state index contributed by atoms with van der Waals surface area (Å²) in [6.45, 7) is 8.14. The van der Waals surface area contributed by atoms with Gasteiger partial charge in [-0.25, -0.2) is 0 Å². The van der Waals surface area contributed by atoms with Crippen LogP contribution in [0.1, 0.15) is 57.6 Å². The van der Waals surface area contributed by atoms with Gasteiger partial charge >= 0.3 is 0 Å². The van der Waals surface area contributed by atoms with E-state index in [4.69, 9.17) is 0 Å². The first-order valence-corrected chi connectivity index (χ1v) is 8.68. The summed E-state index contributed by atoms with van der Waals surface area (Å²) < 4.78 is 0. The summed E-state index contributed by atoms with van der Waals surface area (Å²) in [5, 5.41) is 3.72. The predicted octanol–water partition coefficient (Wildman–Crippen LogP) is 3.99. The lowest BCUT2D eigenvalue weighted by Crippen LogP contribution is -2.58. The molecule has 0 aromatic heterocycles. The number of nitrogens with one attached hydrogen (secondary N) is 1. The molecule has 1 saturated carbocycles. The van der Waals surface area contributed by atoms with Crippen LogP contribution < -0.4 is 5.32 Å². The fourth-order valence-electron chi connectivity index (χ4n) is 4.06. The topological polar surface area (TPSA) is 15.3 Å². The molecule has 0 spiro atoms. The maximum Gasteiger partial charge on any atom is 0.0473 e. The van der Waals surface area contributed by atoms with Crippen molar-refractivity contribution in [3.8, 4) is 0 Å². The van der Waals surface area contributed by atoms with Crippen molar-refractivity contribution >= 4 is 0 Å². The number of hydrogen-bond acceptors (Lipinski definition) is 2. The zero-order chi connectivity index (χ0) is 14.7. The van der Waals surface area contributed by atoms with E-state index in [2.05, 4.69) is 54.4 Å². The van der Waals surface area contributed by atoms with Crippen LogP contribution in [-0.4, -0.2) is 30.1 Å². The molecular formula is C19H30N2. The van der Waals surface area contributed by atoms with Gasteiger partial charge in [0.1, 0.15) is 0 Å². The predicted molar refractivity (Wildman–Crippen MR) is 89.4 cm³/mol. The van der Waals surface area contributed by atoms with Gasteiger partial charge in [-0.15, -0.1) is 0 Å². The van der Waals surface area contributed by atoms with E-state index in [1.165, 1.54) is 44.2 Å². The van der Waals surface area contributed by atoms with Crippen LogP contribution in [0.5, 0.6) is 0 Å². The maximum absolute atomic E-state index is 3.72. The van der Waals surface area contributed by atoms with E-state index >= 15 is 0 Å². The Kier molecular flexibility index (Phi) is 4.66. The van der Waals surface area contributed by atoms with Crippen molar-refractivity contribution in [2.24, 2.45) is 5.92 Å². The van der Waals surface area contributed by atoms with Crippen LogP contribution in [0.25, 0.3) is 0 Å². The lowest BCUT2D eigenvalue weighted by molar-refractivity contribution is 0.0890.